The summed E-state index contributed by atoms with van der Waals surface area (Å²) in [4.78, 5) is 10.8. The van der Waals surface area contributed by atoms with Gasteiger partial charge in [-0.25, -0.2) is 0 Å². The zero-order chi connectivity index (χ0) is 10.8. The number of hydrogen-bond acceptors (Lipinski definition) is 4. The fourth-order valence-corrected chi connectivity index (χ4v) is 0.743. The lowest BCUT2D eigenvalue weighted by Gasteiger charge is -2.06. The van der Waals surface area contributed by atoms with Gasteiger partial charge in [0, 0.05) is 6.61 Å². The molecule has 0 aliphatic rings. The van der Waals surface area contributed by atoms with Crippen LogP contribution in [-0.4, -0.2) is 44.4 Å². The first-order chi connectivity index (χ1) is 6.68. The first-order valence-corrected chi connectivity index (χ1v) is 5.08. The van der Waals surface area contributed by atoms with Crippen molar-refractivity contribution in [1.29, 1.82) is 0 Å². The van der Waals surface area contributed by atoms with Crippen molar-refractivity contribution in [2.75, 3.05) is 33.0 Å². The molecule has 1 atom stereocenters. The maximum atomic E-state index is 10.8. The summed E-state index contributed by atoms with van der Waals surface area (Å²) in [7, 11) is 0. The molecule has 0 saturated heterocycles. The van der Waals surface area contributed by atoms with E-state index in [0.717, 1.165) is 0 Å². The average molecular weight is 225 g/mol. The highest BCUT2D eigenvalue weighted by molar-refractivity contribution is 6.29. The summed E-state index contributed by atoms with van der Waals surface area (Å²) in [5.74, 6) is -0.417. The third-order valence-corrected chi connectivity index (χ3v) is 1.55. The van der Waals surface area contributed by atoms with Gasteiger partial charge < -0.3 is 14.2 Å². The van der Waals surface area contributed by atoms with Crippen molar-refractivity contribution in [3.63, 3.8) is 0 Å². The second-order valence-corrected chi connectivity index (χ2v) is 3.25. The first kappa shape index (κ1) is 13.7. The van der Waals surface area contributed by atoms with Gasteiger partial charge in [-0.05, 0) is 13.8 Å². The Morgan fingerprint density at radius 1 is 1.21 bits per heavy atom. The van der Waals surface area contributed by atoms with Crippen LogP contribution in [0.2, 0.25) is 0 Å². The van der Waals surface area contributed by atoms with Gasteiger partial charge in [-0.1, -0.05) is 0 Å². The third kappa shape index (κ3) is 8.29. The molecule has 0 bridgehead atoms. The van der Waals surface area contributed by atoms with Crippen molar-refractivity contribution in [1.82, 2.24) is 0 Å². The zero-order valence-corrected chi connectivity index (χ0v) is 9.38. The summed E-state index contributed by atoms with van der Waals surface area (Å²) in [6, 6.07) is 0. The van der Waals surface area contributed by atoms with E-state index in [-0.39, 0.29) is 6.61 Å². The van der Waals surface area contributed by atoms with Crippen molar-refractivity contribution < 1.29 is 19.0 Å². The molecule has 0 aromatic rings. The van der Waals surface area contributed by atoms with E-state index in [1.807, 2.05) is 6.92 Å². The molecule has 0 spiro atoms. The normalized spacial score (nSPS) is 12.5. The minimum Gasteiger partial charge on any atom is -0.462 e. The van der Waals surface area contributed by atoms with Crippen LogP contribution in [0.25, 0.3) is 0 Å². The number of hydrogen-bond donors (Lipinski definition) is 0. The molecule has 0 amide bonds. The molecule has 0 aromatic carbocycles. The fraction of sp³-hybridized carbons (Fsp3) is 0.889. The second-order valence-electron chi connectivity index (χ2n) is 2.59. The molecule has 5 heteroatoms. The van der Waals surface area contributed by atoms with Crippen molar-refractivity contribution in [3.8, 4) is 0 Å². The summed E-state index contributed by atoms with van der Waals surface area (Å²) in [6.45, 7) is 5.87. The van der Waals surface area contributed by atoms with Gasteiger partial charge in [0.15, 0.2) is 0 Å². The Balaban J connectivity index is 3.10. The molecule has 0 radical (unpaired) electrons. The van der Waals surface area contributed by atoms with Crippen LogP contribution >= 0.6 is 11.6 Å². The minimum absolute atomic E-state index is 0.238. The minimum atomic E-state index is -0.599. The van der Waals surface area contributed by atoms with Crippen molar-refractivity contribution in [2.45, 2.75) is 19.2 Å². The maximum absolute atomic E-state index is 10.8. The van der Waals surface area contributed by atoms with Crippen LogP contribution in [0.4, 0.5) is 0 Å². The number of halogens is 1. The second kappa shape index (κ2) is 9.24. The van der Waals surface area contributed by atoms with Crippen molar-refractivity contribution in [2.24, 2.45) is 0 Å². The number of ether oxygens (including phenoxy) is 3. The summed E-state index contributed by atoms with van der Waals surface area (Å²) < 4.78 is 14.9. The van der Waals surface area contributed by atoms with E-state index in [0.29, 0.717) is 26.4 Å². The Labute approximate surface area is 89.5 Å². The predicted octanol–water partition coefficient (Wildman–Crippen LogP) is 1.21. The lowest BCUT2D eigenvalue weighted by molar-refractivity contribution is -0.144. The van der Waals surface area contributed by atoms with E-state index in [1.165, 1.54) is 0 Å². The molecule has 84 valence electrons. The molecule has 0 aliphatic carbocycles. The number of carbonyl (C=O) groups is 1. The standard InChI is InChI=1S/C9H17ClO4/c1-3-12-4-5-13-6-7-14-9(11)8(2)10/h8H,3-7H2,1-2H3. The number of carbonyl (C=O) groups excluding carboxylic acids is 1. The van der Waals surface area contributed by atoms with Gasteiger partial charge in [-0.3, -0.25) is 4.79 Å². The van der Waals surface area contributed by atoms with E-state index in [2.05, 4.69) is 0 Å². The van der Waals surface area contributed by atoms with Gasteiger partial charge >= 0.3 is 5.97 Å². The Morgan fingerprint density at radius 2 is 1.79 bits per heavy atom. The van der Waals surface area contributed by atoms with E-state index in [1.54, 1.807) is 6.92 Å². The molecule has 0 N–H and O–H groups in total. The molecule has 0 rings (SSSR count). The van der Waals surface area contributed by atoms with Crippen LogP contribution < -0.4 is 0 Å². The maximum Gasteiger partial charge on any atom is 0.323 e. The number of alkyl halides is 1. The SMILES string of the molecule is CCOCCOCCOC(=O)C(C)Cl. The van der Waals surface area contributed by atoms with Gasteiger partial charge in [0.2, 0.25) is 0 Å². The molecule has 0 heterocycles. The molecule has 1 unspecified atom stereocenters. The first-order valence-electron chi connectivity index (χ1n) is 4.64. The lowest BCUT2D eigenvalue weighted by Crippen LogP contribution is -2.18. The van der Waals surface area contributed by atoms with Crippen LogP contribution in [0, 0.1) is 0 Å². The van der Waals surface area contributed by atoms with Crippen LogP contribution in [0.3, 0.4) is 0 Å². The number of rotatable bonds is 8. The zero-order valence-electron chi connectivity index (χ0n) is 8.62. The molecule has 14 heavy (non-hydrogen) atoms. The topological polar surface area (TPSA) is 44.8 Å². The van der Waals surface area contributed by atoms with Gasteiger partial charge in [0.1, 0.15) is 12.0 Å². The number of esters is 1. The molecule has 0 aliphatic heterocycles. The van der Waals surface area contributed by atoms with Gasteiger partial charge in [-0.2, -0.15) is 0 Å². The van der Waals surface area contributed by atoms with Crippen molar-refractivity contribution >= 4 is 17.6 Å². The Kier molecular flexibility index (Phi) is 9.03. The molecule has 0 saturated carbocycles. The van der Waals surface area contributed by atoms with Crippen LogP contribution in [0.5, 0.6) is 0 Å². The molecule has 4 nitrogen and oxygen atoms in total. The summed E-state index contributed by atoms with van der Waals surface area (Å²) in [5, 5.41) is -0.599. The highest BCUT2D eigenvalue weighted by Crippen LogP contribution is 1.96. The third-order valence-electron chi connectivity index (χ3n) is 1.37. The van der Waals surface area contributed by atoms with Gasteiger partial charge in [-0.15, -0.1) is 11.6 Å². The molecular formula is C9H17ClO4. The Hall–Kier alpha value is -0.320. The van der Waals surface area contributed by atoms with E-state index < -0.39 is 11.3 Å². The summed E-state index contributed by atoms with van der Waals surface area (Å²) in [5.41, 5.74) is 0. The monoisotopic (exact) mass is 224 g/mol. The van der Waals surface area contributed by atoms with Crippen LogP contribution in [0.15, 0.2) is 0 Å². The van der Waals surface area contributed by atoms with Gasteiger partial charge in [0.05, 0.1) is 19.8 Å². The summed E-state index contributed by atoms with van der Waals surface area (Å²) >= 11 is 5.47. The Bertz CT molecular complexity index is 150. The largest absolute Gasteiger partial charge is 0.462 e. The van der Waals surface area contributed by atoms with E-state index >= 15 is 0 Å². The molecule has 0 aromatic heterocycles. The average Bonchev–Trinajstić information content (AvgIpc) is 2.16. The van der Waals surface area contributed by atoms with Crippen molar-refractivity contribution in [3.05, 3.63) is 0 Å². The van der Waals surface area contributed by atoms with Crippen LogP contribution in [-0.2, 0) is 19.0 Å². The molecular weight excluding hydrogens is 208 g/mol. The highest BCUT2D eigenvalue weighted by atomic mass is 35.5. The Morgan fingerprint density at radius 3 is 2.36 bits per heavy atom. The molecule has 0 fully saturated rings. The highest BCUT2D eigenvalue weighted by Gasteiger charge is 2.09. The van der Waals surface area contributed by atoms with Gasteiger partial charge in [0.25, 0.3) is 0 Å². The quantitative estimate of drug-likeness (QED) is 0.353. The summed E-state index contributed by atoms with van der Waals surface area (Å²) in [6.07, 6.45) is 0. The fourth-order valence-electron chi connectivity index (χ4n) is 0.680. The smallest absolute Gasteiger partial charge is 0.323 e. The van der Waals surface area contributed by atoms with Crippen LogP contribution in [0.1, 0.15) is 13.8 Å². The lowest BCUT2D eigenvalue weighted by atomic mass is 10.5. The van der Waals surface area contributed by atoms with E-state index in [4.69, 9.17) is 25.8 Å². The van der Waals surface area contributed by atoms with E-state index in [9.17, 15) is 4.79 Å². The predicted molar refractivity (Wildman–Crippen MR) is 53.6 cm³/mol.